The van der Waals surface area contributed by atoms with E-state index in [1.807, 2.05) is 31.2 Å². The lowest BCUT2D eigenvalue weighted by molar-refractivity contribution is -0.139. The molecule has 0 saturated carbocycles. The molecule has 0 N–H and O–H groups in total. The second kappa shape index (κ2) is 9.14. The van der Waals surface area contributed by atoms with Crippen LogP contribution in [0.5, 0.6) is 0 Å². The maximum Gasteiger partial charge on any atom is 0.316 e. The Morgan fingerprint density at radius 2 is 2.10 bits per heavy atom. The third kappa shape index (κ3) is 4.42. The van der Waals surface area contributed by atoms with Gasteiger partial charge in [-0.2, -0.15) is 0 Å². The van der Waals surface area contributed by atoms with Crippen LogP contribution in [0.3, 0.4) is 0 Å². The molecule has 1 unspecified atom stereocenters. The largest absolute Gasteiger partial charge is 0.465 e. The van der Waals surface area contributed by atoms with Gasteiger partial charge in [-0.15, -0.1) is 11.3 Å². The highest BCUT2D eigenvalue weighted by Crippen LogP contribution is 2.36. The fourth-order valence-electron chi connectivity index (χ4n) is 3.68. The molecule has 1 aliphatic rings. The number of esters is 1. The minimum absolute atomic E-state index is 0.0930. The molecular formula is C23H26N2O4S2. The fourth-order valence-corrected chi connectivity index (χ4v) is 5.66. The van der Waals surface area contributed by atoms with E-state index in [1.54, 1.807) is 11.5 Å². The van der Waals surface area contributed by atoms with Crippen LogP contribution < -0.4 is 5.56 Å². The number of rotatable bonds is 6. The van der Waals surface area contributed by atoms with Crippen molar-refractivity contribution in [2.75, 3.05) is 12.4 Å². The number of aryl methyl sites for hydroxylation is 1. The summed E-state index contributed by atoms with van der Waals surface area (Å²) in [4.78, 5) is 32.3. The molecule has 31 heavy (non-hydrogen) atoms. The van der Waals surface area contributed by atoms with Crippen molar-refractivity contribution in [2.45, 2.75) is 52.0 Å². The molecule has 4 rings (SSSR count). The predicted molar refractivity (Wildman–Crippen MR) is 124 cm³/mol. The Hall–Kier alpha value is -2.16. The van der Waals surface area contributed by atoms with Gasteiger partial charge < -0.3 is 9.47 Å². The molecule has 1 atom stereocenters. The molecule has 1 aromatic carbocycles. The second-order valence-electron chi connectivity index (χ2n) is 7.95. The Labute approximate surface area is 189 Å². The van der Waals surface area contributed by atoms with E-state index in [4.69, 9.17) is 14.5 Å². The number of hydrogen-bond acceptors (Lipinski definition) is 7. The molecule has 0 spiro atoms. The molecule has 0 radical (unpaired) electrons. The molecule has 0 saturated heterocycles. The van der Waals surface area contributed by atoms with Gasteiger partial charge in [0.15, 0.2) is 5.16 Å². The fraction of sp³-hybridized carbons (Fsp3) is 0.435. The number of fused-ring (bicyclic) bond motifs is 3. The average molecular weight is 459 g/mol. The third-order valence-corrected chi connectivity index (χ3v) is 7.38. The number of carbonyl (C=O) groups is 1. The average Bonchev–Trinajstić information content (AvgIpc) is 3.11. The van der Waals surface area contributed by atoms with Crippen molar-refractivity contribution < 1.29 is 14.3 Å². The van der Waals surface area contributed by atoms with Crippen LogP contribution in [-0.4, -0.2) is 34.0 Å². The Bertz CT molecular complexity index is 1170. The van der Waals surface area contributed by atoms with E-state index in [1.165, 1.54) is 23.1 Å². The van der Waals surface area contributed by atoms with E-state index < -0.39 is 0 Å². The SMILES string of the molecule is CCOC(=O)CSc1nc2sc3c(c2c(=O)n1-c1ccc(C)cc1)CC(C(C)C)OC3. The van der Waals surface area contributed by atoms with Crippen LogP contribution in [0, 0.1) is 12.8 Å². The monoisotopic (exact) mass is 458 g/mol. The van der Waals surface area contributed by atoms with Crippen LogP contribution in [0.25, 0.3) is 15.9 Å². The van der Waals surface area contributed by atoms with Crippen LogP contribution in [0.15, 0.2) is 34.2 Å². The smallest absolute Gasteiger partial charge is 0.316 e. The molecule has 0 amide bonds. The lowest BCUT2D eigenvalue weighted by atomic mass is 9.96. The van der Waals surface area contributed by atoms with E-state index in [-0.39, 0.29) is 23.4 Å². The minimum atomic E-state index is -0.323. The van der Waals surface area contributed by atoms with Gasteiger partial charge in [0.25, 0.3) is 5.56 Å². The number of hydrogen-bond donors (Lipinski definition) is 0. The van der Waals surface area contributed by atoms with Crippen molar-refractivity contribution in [2.24, 2.45) is 5.92 Å². The summed E-state index contributed by atoms with van der Waals surface area (Å²) in [7, 11) is 0. The molecule has 0 aliphatic carbocycles. The number of thioether (sulfide) groups is 1. The number of ether oxygens (including phenoxy) is 2. The summed E-state index contributed by atoms with van der Waals surface area (Å²) >= 11 is 2.74. The third-order valence-electron chi connectivity index (χ3n) is 5.37. The van der Waals surface area contributed by atoms with Crippen molar-refractivity contribution >= 4 is 39.3 Å². The van der Waals surface area contributed by atoms with Gasteiger partial charge in [0.2, 0.25) is 0 Å². The van der Waals surface area contributed by atoms with E-state index in [9.17, 15) is 9.59 Å². The molecule has 0 fully saturated rings. The first-order chi connectivity index (χ1) is 14.9. The maximum atomic E-state index is 13.8. The van der Waals surface area contributed by atoms with E-state index in [0.717, 1.165) is 21.7 Å². The molecule has 2 aromatic heterocycles. The predicted octanol–water partition coefficient (Wildman–Crippen LogP) is 4.51. The summed E-state index contributed by atoms with van der Waals surface area (Å²) in [5.74, 6) is 0.145. The number of nitrogens with zero attached hydrogens (tertiary/aromatic N) is 2. The molecule has 1 aliphatic heterocycles. The van der Waals surface area contributed by atoms with Gasteiger partial charge in [0.05, 0.1) is 36.1 Å². The number of carbonyl (C=O) groups excluding carboxylic acids is 1. The first-order valence-corrected chi connectivity index (χ1v) is 12.2. The normalized spacial score (nSPS) is 16.0. The highest BCUT2D eigenvalue weighted by Gasteiger charge is 2.29. The van der Waals surface area contributed by atoms with Gasteiger partial charge in [-0.1, -0.05) is 43.3 Å². The Morgan fingerprint density at radius 1 is 1.35 bits per heavy atom. The highest BCUT2D eigenvalue weighted by atomic mass is 32.2. The number of thiophene rings is 1. The van der Waals surface area contributed by atoms with Crippen LogP contribution in [-0.2, 0) is 27.3 Å². The maximum absolute atomic E-state index is 13.8. The molecule has 3 heterocycles. The van der Waals surface area contributed by atoms with E-state index >= 15 is 0 Å². The van der Waals surface area contributed by atoms with Crippen LogP contribution in [0.1, 0.15) is 36.8 Å². The number of benzene rings is 1. The zero-order valence-electron chi connectivity index (χ0n) is 18.1. The van der Waals surface area contributed by atoms with Crippen molar-refractivity contribution in [1.82, 2.24) is 9.55 Å². The van der Waals surface area contributed by atoms with Crippen LogP contribution in [0.4, 0.5) is 0 Å². The topological polar surface area (TPSA) is 70.4 Å². The van der Waals surface area contributed by atoms with E-state index in [2.05, 4.69) is 13.8 Å². The molecule has 6 nitrogen and oxygen atoms in total. The van der Waals surface area contributed by atoms with Crippen LogP contribution >= 0.6 is 23.1 Å². The summed E-state index contributed by atoms with van der Waals surface area (Å²) in [5, 5.41) is 1.17. The van der Waals surface area contributed by atoms with Crippen LogP contribution in [0.2, 0.25) is 0 Å². The summed E-state index contributed by atoms with van der Waals surface area (Å²) < 4.78 is 12.7. The van der Waals surface area contributed by atoms with E-state index in [0.29, 0.717) is 40.9 Å². The van der Waals surface area contributed by atoms with Crippen molar-refractivity contribution in [3.05, 3.63) is 50.6 Å². The quantitative estimate of drug-likeness (QED) is 0.308. The molecular weight excluding hydrogens is 432 g/mol. The Balaban J connectivity index is 1.86. The summed E-state index contributed by atoms with van der Waals surface area (Å²) in [6.45, 7) is 8.89. The zero-order valence-corrected chi connectivity index (χ0v) is 19.8. The van der Waals surface area contributed by atoms with Gasteiger partial charge in [-0.05, 0) is 37.5 Å². The second-order valence-corrected chi connectivity index (χ2v) is 9.97. The van der Waals surface area contributed by atoms with Gasteiger partial charge in [-0.3, -0.25) is 14.2 Å². The summed E-state index contributed by atoms with van der Waals surface area (Å²) in [5.41, 5.74) is 2.81. The van der Waals surface area contributed by atoms with Crippen molar-refractivity contribution in [1.29, 1.82) is 0 Å². The van der Waals surface area contributed by atoms with Gasteiger partial charge in [-0.25, -0.2) is 4.98 Å². The minimum Gasteiger partial charge on any atom is -0.465 e. The summed E-state index contributed by atoms with van der Waals surface area (Å²) in [6, 6.07) is 7.77. The molecule has 8 heteroatoms. The zero-order chi connectivity index (χ0) is 22.1. The molecule has 0 bridgehead atoms. The van der Waals surface area contributed by atoms with Crippen molar-refractivity contribution in [3.63, 3.8) is 0 Å². The lowest BCUT2D eigenvalue weighted by Crippen LogP contribution is -2.28. The number of aromatic nitrogens is 2. The highest BCUT2D eigenvalue weighted by molar-refractivity contribution is 7.99. The van der Waals surface area contributed by atoms with Gasteiger partial charge >= 0.3 is 5.97 Å². The van der Waals surface area contributed by atoms with Gasteiger partial charge in [0, 0.05) is 11.3 Å². The van der Waals surface area contributed by atoms with Gasteiger partial charge in [0.1, 0.15) is 4.83 Å². The first-order valence-electron chi connectivity index (χ1n) is 10.4. The Kier molecular flexibility index (Phi) is 6.50. The summed E-state index contributed by atoms with van der Waals surface area (Å²) in [6.07, 6.45) is 0.808. The molecule has 3 aromatic rings. The lowest BCUT2D eigenvalue weighted by Gasteiger charge is -2.26. The standard InChI is InChI=1S/C23H26N2O4S2/c1-5-28-19(26)12-30-23-24-21-20(16-10-17(13(2)3)29-11-18(16)31-21)22(27)25(23)15-8-6-14(4)7-9-15/h6-9,13,17H,5,10-12H2,1-4H3. The first kappa shape index (κ1) is 22.0. The van der Waals surface area contributed by atoms with Crippen molar-refractivity contribution in [3.8, 4) is 5.69 Å². The molecule has 164 valence electrons. The Morgan fingerprint density at radius 3 is 2.77 bits per heavy atom.